The predicted molar refractivity (Wildman–Crippen MR) is 51.1 cm³/mol. The van der Waals surface area contributed by atoms with E-state index in [1.165, 1.54) is 29.0 Å². The zero-order valence-electron chi connectivity index (χ0n) is 6.76. The zero-order chi connectivity index (χ0) is 7.68. The highest BCUT2D eigenvalue weighted by Gasteiger charge is 2.07. The molecule has 0 nitrogen and oxygen atoms in total. The van der Waals surface area contributed by atoms with Crippen LogP contribution in [0.25, 0.3) is 6.08 Å². The molecule has 0 N–H and O–H groups in total. The van der Waals surface area contributed by atoms with Crippen LogP contribution in [0.15, 0.2) is 12.1 Å². The fourth-order valence-electron chi connectivity index (χ4n) is 1.44. The van der Waals surface area contributed by atoms with Crippen molar-refractivity contribution in [3.8, 4) is 0 Å². The second-order valence-electron chi connectivity index (χ2n) is 2.90. The van der Waals surface area contributed by atoms with Crippen molar-refractivity contribution in [1.82, 2.24) is 0 Å². The minimum Gasteiger partial charge on any atom is -0.141 e. The van der Waals surface area contributed by atoms with Gasteiger partial charge in [-0.1, -0.05) is 13.0 Å². The van der Waals surface area contributed by atoms with Crippen LogP contribution < -0.4 is 0 Å². The molecule has 0 unspecified atom stereocenters. The molecule has 58 valence electrons. The van der Waals surface area contributed by atoms with Crippen LogP contribution in [0.3, 0.4) is 0 Å². The van der Waals surface area contributed by atoms with Crippen LogP contribution in [0.5, 0.6) is 0 Å². The Morgan fingerprint density at radius 3 is 3.18 bits per heavy atom. The summed E-state index contributed by atoms with van der Waals surface area (Å²) in [5.74, 6) is 0. The molecule has 11 heavy (non-hydrogen) atoms. The molecule has 0 radical (unpaired) electrons. The van der Waals surface area contributed by atoms with Crippen LogP contribution in [0, 0.1) is 0 Å². The average Bonchev–Trinajstić information content (AvgIpc) is 2.46. The highest BCUT2D eigenvalue weighted by molar-refractivity contribution is 7.13. The van der Waals surface area contributed by atoms with Crippen molar-refractivity contribution in [3.05, 3.63) is 27.5 Å². The van der Waals surface area contributed by atoms with Crippen LogP contribution in [0.4, 0.5) is 0 Å². The van der Waals surface area contributed by atoms with Gasteiger partial charge in [0.1, 0.15) is 0 Å². The van der Waals surface area contributed by atoms with Gasteiger partial charge >= 0.3 is 0 Å². The lowest BCUT2D eigenvalue weighted by molar-refractivity contribution is 0.993. The SMILES string of the molecule is CCc1cc2c(s1)C=CCC2. The van der Waals surface area contributed by atoms with Gasteiger partial charge in [0.25, 0.3) is 0 Å². The second-order valence-corrected chi connectivity index (χ2v) is 4.07. The van der Waals surface area contributed by atoms with Gasteiger partial charge < -0.3 is 0 Å². The van der Waals surface area contributed by atoms with Gasteiger partial charge in [0.05, 0.1) is 0 Å². The molecule has 0 fully saturated rings. The van der Waals surface area contributed by atoms with Crippen molar-refractivity contribution in [2.24, 2.45) is 0 Å². The summed E-state index contributed by atoms with van der Waals surface area (Å²) < 4.78 is 0. The number of thiophene rings is 1. The van der Waals surface area contributed by atoms with E-state index in [0.717, 1.165) is 0 Å². The minimum absolute atomic E-state index is 1.19. The quantitative estimate of drug-likeness (QED) is 0.597. The highest BCUT2D eigenvalue weighted by Crippen LogP contribution is 2.28. The van der Waals surface area contributed by atoms with Crippen molar-refractivity contribution in [1.29, 1.82) is 0 Å². The molecule has 0 saturated carbocycles. The van der Waals surface area contributed by atoms with Crippen molar-refractivity contribution in [2.45, 2.75) is 26.2 Å². The van der Waals surface area contributed by atoms with Gasteiger partial charge in [-0.2, -0.15) is 0 Å². The van der Waals surface area contributed by atoms with E-state index in [4.69, 9.17) is 0 Å². The number of rotatable bonds is 1. The van der Waals surface area contributed by atoms with Gasteiger partial charge in [-0.3, -0.25) is 0 Å². The maximum atomic E-state index is 2.36. The number of aryl methyl sites for hydroxylation is 2. The summed E-state index contributed by atoms with van der Waals surface area (Å²) in [6.45, 7) is 2.22. The van der Waals surface area contributed by atoms with Gasteiger partial charge in [-0.15, -0.1) is 11.3 Å². The molecule has 1 aliphatic carbocycles. The molecule has 0 aliphatic heterocycles. The van der Waals surface area contributed by atoms with Crippen LogP contribution in [0.2, 0.25) is 0 Å². The second kappa shape index (κ2) is 2.82. The number of fused-ring (bicyclic) bond motifs is 1. The molecule has 0 aromatic carbocycles. The first-order valence-corrected chi connectivity index (χ1v) is 5.00. The van der Waals surface area contributed by atoms with E-state index >= 15 is 0 Å². The molecule has 0 atom stereocenters. The molecule has 1 aliphatic rings. The predicted octanol–water partition coefficient (Wildman–Crippen LogP) is 3.27. The maximum Gasteiger partial charge on any atom is 0.0302 e. The standard InChI is InChI=1S/C10H12S/c1-2-9-7-8-5-3-4-6-10(8)11-9/h4,6-7H,2-3,5H2,1H3. The molecule has 0 amide bonds. The van der Waals surface area contributed by atoms with Gasteiger partial charge in [0, 0.05) is 9.75 Å². The molecular formula is C10H12S. The maximum absolute atomic E-state index is 2.36. The lowest BCUT2D eigenvalue weighted by Crippen LogP contribution is -1.86. The highest BCUT2D eigenvalue weighted by atomic mass is 32.1. The lowest BCUT2D eigenvalue weighted by Gasteiger charge is -2.01. The average molecular weight is 164 g/mol. The van der Waals surface area contributed by atoms with E-state index in [1.54, 1.807) is 5.56 Å². The van der Waals surface area contributed by atoms with Crippen molar-refractivity contribution in [3.63, 3.8) is 0 Å². The normalized spacial score (nSPS) is 15.0. The van der Waals surface area contributed by atoms with E-state index in [1.807, 2.05) is 11.3 Å². The van der Waals surface area contributed by atoms with E-state index in [2.05, 4.69) is 25.1 Å². The Kier molecular flexibility index (Phi) is 1.82. The van der Waals surface area contributed by atoms with Gasteiger partial charge in [-0.25, -0.2) is 0 Å². The molecule has 0 saturated heterocycles. The first-order chi connectivity index (χ1) is 5.40. The lowest BCUT2D eigenvalue weighted by atomic mass is 10.1. The first-order valence-electron chi connectivity index (χ1n) is 4.18. The summed E-state index contributed by atoms with van der Waals surface area (Å²) in [6.07, 6.45) is 8.21. The molecule has 1 heterocycles. The van der Waals surface area contributed by atoms with E-state index in [0.29, 0.717) is 0 Å². The Bertz CT molecular complexity index is 281. The van der Waals surface area contributed by atoms with Crippen LogP contribution >= 0.6 is 11.3 Å². The Balaban J connectivity index is 2.42. The molecule has 1 aromatic heterocycles. The number of hydrogen-bond acceptors (Lipinski definition) is 1. The minimum atomic E-state index is 1.19. The Labute approximate surface area is 71.6 Å². The third kappa shape index (κ3) is 1.25. The summed E-state index contributed by atoms with van der Waals surface area (Å²) in [5, 5.41) is 0. The molecule has 1 heteroatoms. The van der Waals surface area contributed by atoms with E-state index in [-0.39, 0.29) is 0 Å². The van der Waals surface area contributed by atoms with Gasteiger partial charge in [0.2, 0.25) is 0 Å². The van der Waals surface area contributed by atoms with Crippen LogP contribution in [-0.2, 0) is 12.8 Å². The fraction of sp³-hybridized carbons (Fsp3) is 0.400. The van der Waals surface area contributed by atoms with Gasteiger partial charge in [0.15, 0.2) is 0 Å². The summed E-state index contributed by atoms with van der Waals surface area (Å²) in [7, 11) is 0. The summed E-state index contributed by atoms with van der Waals surface area (Å²) in [4.78, 5) is 3.02. The van der Waals surface area contributed by atoms with E-state index < -0.39 is 0 Å². The van der Waals surface area contributed by atoms with Crippen LogP contribution in [-0.4, -0.2) is 0 Å². The van der Waals surface area contributed by atoms with E-state index in [9.17, 15) is 0 Å². The first kappa shape index (κ1) is 7.11. The molecule has 2 rings (SSSR count). The summed E-state index contributed by atoms with van der Waals surface area (Å²) in [6, 6.07) is 2.36. The fourth-order valence-corrected chi connectivity index (χ4v) is 2.53. The third-order valence-electron chi connectivity index (χ3n) is 2.09. The monoisotopic (exact) mass is 164 g/mol. The van der Waals surface area contributed by atoms with Crippen molar-refractivity contribution >= 4 is 17.4 Å². The van der Waals surface area contributed by atoms with Crippen molar-refractivity contribution in [2.75, 3.05) is 0 Å². The Hall–Kier alpha value is -0.560. The smallest absolute Gasteiger partial charge is 0.0302 e. The van der Waals surface area contributed by atoms with Gasteiger partial charge in [-0.05, 0) is 37.0 Å². The summed E-state index contributed by atoms with van der Waals surface area (Å²) in [5.41, 5.74) is 1.56. The molecule has 0 bridgehead atoms. The largest absolute Gasteiger partial charge is 0.141 e. The molecule has 1 aromatic rings. The number of allylic oxidation sites excluding steroid dienone is 1. The number of hydrogen-bond donors (Lipinski definition) is 0. The summed E-state index contributed by atoms with van der Waals surface area (Å²) >= 11 is 1.95. The Morgan fingerprint density at radius 1 is 1.55 bits per heavy atom. The topological polar surface area (TPSA) is 0 Å². The molecule has 0 spiro atoms. The van der Waals surface area contributed by atoms with Crippen LogP contribution in [0.1, 0.15) is 28.7 Å². The zero-order valence-corrected chi connectivity index (χ0v) is 7.58. The van der Waals surface area contributed by atoms with Crippen molar-refractivity contribution < 1.29 is 0 Å². The third-order valence-corrected chi connectivity index (χ3v) is 3.38. The Morgan fingerprint density at radius 2 is 2.45 bits per heavy atom. The molecular weight excluding hydrogens is 152 g/mol.